The van der Waals surface area contributed by atoms with E-state index in [9.17, 15) is 9.59 Å². The second-order valence-electron chi connectivity index (χ2n) is 6.48. The monoisotopic (exact) mass is 366 g/mol. The van der Waals surface area contributed by atoms with Crippen LogP contribution >= 0.6 is 0 Å². The van der Waals surface area contributed by atoms with Crippen molar-refractivity contribution in [1.29, 1.82) is 10.7 Å². The third-order valence-electron chi connectivity index (χ3n) is 4.27. The van der Waals surface area contributed by atoms with E-state index in [1.54, 1.807) is 24.6 Å². The highest BCUT2D eigenvalue weighted by Crippen LogP contribution is 2.16. The fourth-order valence-corrected chi connectivity index (χ4v) is 2.72. The molecule has 140 valence electrons. The predicted octanol–water partition coefficient (Wildman–Crippen LogP) is 2.76. The van der Waals surface area contributed by atoms with Crippen molar-refractivity contribution in [3.05, 3.63) is 52.3 Å². The molecule has 0 fully saturated rings. The number of nitriles is 1. The molecular formula is C20H22N4O3. The maximum absolute atomic E-state index is 12.4. The van der Waals surface area contributed by atoms with E-state index in [1.165, 1.54) is 6.92 Å². The van der Waals surface area contributed by atoms with Crippen LogP contribution in [0.4, 0.5) is 0 Å². The Morgan fingerprint density at radius 1 is 1.26 bits per heavy atom. The van der Waals surface area contributed by atoms with E-state index in [2.05, 4.69) is 5.10 Å². The number of aryl methyl sites for hydroxylation is 2. The molecular weight excluding hydrogens is 344 g/mol. The van der Waals surface area contributed by atoms with Crippen LogP contribution in [0.1, 0.15) is 39.8 Å². The second kappa shape index (κ2) is 8.41. The van der Waals surface area contributed by atoms with E-state index < -0.39 is 24.3 Å². The molecule has 0 spiro atoms. The highest BCUT2D eigenvalue weighted by atomic mass is 16.5. The molecule has 0 saturated heterocycles. The van der Waals surface area contributed by atoms with E-state index in [1.807, 2.05) is 31.2 Å². The number of esters is 1. The first kappa shape index (κ1) is 20.0. The molecule has 0 aliphatic rings. The first-order valence-corrected chi connectivity index (χ1v) is 8.48. The van der Waals surface area contributed by atoms with Gasteiger partial charge in [0, 0.05) is 5.71 Å². The summed E-state index contributed by atoms with van der Waals surface area (Å²) in [6.07, 6.45) is 0. The molecule has 2 rings (SSSR count). The predicted molar refractivity (Wildman–Crippen MR) is 99.8 cm³/mol. The molecule has 0 amide bonds. The van der Waals surface area contributed by atoms with E-state index in [0.29, 0.717) is 23.5 Å². The summed E-state index contributed by atoms with van der Waals surface area (Å²) in [4.78, 5) is 24.4. The molecule has 0 bridgehead atoms. The van der Waals surface area contributed by atoms with Gasteiger partial charge >= 0.3 is 5.97 Å². The molecule has 1 atom stereocenters. The van der Waals surface area contributed by atoms with Crippen LogP contribution in [0.2, 0.25) is 0 Å². The molecule has 1 aromatic heterocycles. The summed E-state index contributed by atoms with van der Waals surface area (Å²) < 4.78 is 6.79. The lowest BCUT2D eigenvalue weighted by molar-refractivity contribution is -0.122. The van der Waals surface area contributed by atoms with Crippen LogP contribution in [-0.2, 0) is 16.1 Å². The summed E-state index contributed by atoms with van der Waals surface area (Å²) in [5.41, 5.74) is 3.62. The Morgan fingerprint density at radius 2 is 1.89 bits per heavy atom. The van der Waals surface area contributed by atoms with Crippen molar-refractivity contribution in [3.63, 3.8) is 0 Å². The van der Waals surface area contributed by atoms with Crippen LogP contribution in [0, 0.1) is 43.4 Å². The number of hydrogen-bond donors (Lipinski definition) is 1. The van der Waals surface area contributed by atoms with Crippen molar-refractivity contribution in [2.45, 2.75) is 34.2 Å². The summed E-state index contributed by atoms with van der Waals surface area (Å²) in [5, 5.41) is 20.8. The topological polar surface area (TPSA) is 109 Å². The Hall–Kier alpha value is -3.27. The minimum absolute atomic E-state index is 0.0724. The molecule has 1 heterocycles. The van der Waals surface area contributed by atoms with Gasteiger partial charge < -0.3 is 10.1 Å². The van der Waals surface area contributed by atoms with E-state index >= 15 is 0 Å². The van der Waals surface area contributed by atoms with Gasteiger partial charge in [-0.25, -0.2) is 4.79 Å². The maximum atomic E-state index is 12.4. The number of aromatic nitrogens is 2. The van der Waals surface area contributed by atoms with Crippen LogP contribution in [0.5, 0.6) is 0 Å². The zero-order valence-corrected chi connectivity index (χ0v) is 15.9. The van der Waals surface area contributed by atoms with Crippen LogP contribution < -0.4 is 0 Å². The number of benzene rings is 1. The zero-order valence-electron chi connectivity index (χ0n) is 15.9. The number of carbonyl (C=O) groups is 2. The third-order valence-corrected chi connectivity index (χ3v) is 4.27. The Balaban J connectivity index is 2.12. The van der Waals surface area contributed by atoms with Crippen molar-refractivity contribution in [2.75, 3.05) is 6.61 Å². The Morgan fingerprint density at radius 3 is 2.44 bits per heavy atom. The quantitative estimate of drug-likeness (QED) is 0.598. The molecule has 27 heavy (non-hydrogen) atoms. The normalized spacial score (nSPS) is 11.5. The fraction of sp³-hybridized carbons (Fsp3) is 0.350. The molecule has 0 aliphatic heterocycles. The minimum atomic E-state index is -1.19. The Kier molecular flexibility index (Phi) is 6.24. The molecule has 0 saturated carbocycles. The highest BCUT2D eigenvalue weighted by Gasteiger charge is 2.24. The number of nitrogens with one attached hydrogen (secondary N) is 1. The van der Waals surface area contributed by atoms with Gasteiger partial charge in [-0.3, -0.25) is 9.48 Å². The zero-order chi connectivity index (χ0) is 20.1. The van der Waals surface area contributed by atoms with Crippen molar-refractivity contribution < 1.29 is 14.3 Å². The highest BCUT2D eigenvalue weighted by molar-refractivity contribution is 6.06. The number of Topliss-reactive ketones (excluding diaryl/α,β-unsaturated/α-hetero) is 1. The number of nitrogens with zero attached hydrogens (tertiary/aromatic N) is 3. The van der Waals surface area contributed by atoms with Crippen molar-refractivity contribution in [2.24, 2.45) is 5.92 Å². The van der Waals surface area contributed by atoms with Gasteiger partial charge in [0.2, 0.25) is 0 Å². The number of hydrogen-bond acceptors (Lipinski definition) is 6. The number of ether oxygens (including phenoxy) is 1. The average molecular weight is 366 g/mol. The average Bonchev–Trinajstić information content (AvgIpc) is 2.88. The minimum Gasteiger partial charge on any atom is -0.454 e. The maximum Gasteiger partial charge on any atom is 0.342 e. The van der Waals surface area contributed by atoms with E-state index in [0.717, 1.165) is 11.1 Å². The smallest absolute Gasteiger partial charge is 0.342 e. The van der Waals surface area contributed by atoms with E-state index in [4.69, 9.17) is 15.4 Å². The Labute approximate surface area is 158 Å². The summed E-state index contributed by atoms with van der Waals surface area (Å²) in [7, 11) is 0. The van der Waals surface area contributed by atoms with Gasteiger partial charge in [-0.2, -0.15) is 10.4 Å². The Bertz CT molecular complexity index is 920. The van der Waals surface area contributed by atoms with Crippen molar-refractivity contribution in [3.8, 4) is 6.07 Å². The number of carbonyl (C=O) groups excluding carboxylic acids is 2. The molecule has 1 N–H and O–H groups in total. The molecule has 7 nitrogen and oxygen atoms in total. The van der Waals surface area contributed by atoms with Gasteiger partial charge in [0.1, 0.15) is 11.5 Å². The molecule has 0 radical (unpaired) electrons. The van der Waals surface area contributed by atoms with Crippen LogP contribution in [0.3, 0.4) is 0 Å². The first-order valence-electron chi connectivity index (χ1n) is 8.48. The molecule has 1 aromatic carbocycles. The molecule has 2 aromatic rings. The fourth-order valence-electron chi connectivity index (χ4n) is 2.72. The van der Waals surface area contributed by atoms with Crippen molar-refractivity contribution in [1.82, 2.24) is 9.78 Å². The largest absolute Gasteiger partial charge is 0.454 e. The first-order chi connectivity index (χ1) is 12.7. The molecule has 0 aliphatic carbocycles. The summed E-state index contributed by atoms with van der Waals surface area (Å²) in [6.45, 7) is 6.83. The van der Waals surface area contributed by atoms with Crippen LogP contribution in [0.15, 0.2) is 24.3 Å². The summed E-state index contributed by atoms with van der Waals surface area (Å²) in [5.74, 6) is -2.46. The lowest BCUT2D eigenvalue weighted by atomic mass is 10.0. The van der Waals surface area contributed by atoms with E-state index in [-0.39, 0.29) is 5.71 Å². The van der Waals surface area contributed by atoms with Crippen molar-refractivity contribution >= 4 is 17.5 Å². The van der Waals surface area contributed by atoms with Gasteiger partial charge in [-0.1, -0.05) is 29.8 Å². The third kappa shape index (κ3) is 4.67. The summed E-state index contributed by atoms with van der Waals surface area (Å²) in [6, 6.07) is 9.77. The van der Waals surface area contributed by atoms with Crippen LogP contribution in [-0.4, -0.2) is 33.9 Å². The van der Waals surface area contributed by atoms with Crippen LogP contribution in [0.25, 0.3) is 0 Å². The molecule has 7 heteroatoms. The van der Waals surface area contributed by atoms with Gasteiger partial charge in [0.05, 0.1) is 24.0 Å². The lowest BCUT2D eigenvalue weighted by Crippen LogP contribution is -2.25. The van der Waals surface area contributed by atoms with Gasteiger partial charge in [-0.05, 0) is 33.3 Å². The lowest BCUT2D eigenvalue weighted by Gasteiger charge is -2.08. The number of ketones is 1. The van der Waals surface area contributed by atoms with Gasteiger partial charge in [0.25, 0.3) is 0 Å². The molecule has 0 unspecified atom stereocenters. The standard InChI is InChI=1S/C20H22N4O3/c1-12-5-7-16(8-6-12)10-24-15(4)19(14(3)23-24)20(26)27-11-18(25)17(9-21)13(2)22/h5-8,17,22H,10-11H2,1-4H3/t17-/m0/s1. The second-order valence-corrected chi connectivity index (χ2v) is 6.48. The van der Waals surface area contributed by atoms with Gasteiger partial charge in [0.15, 0.2) is 12.4 Å². The SMILES string of the molecule is CC(=N)[C@H](C#N)C(=O)COC(=O)c1c(C)nn(Cc2ccc(C)cc2)c1C. The van der Waals surface area contributed by atoms with Gasteiger partial charge in [-0.15, -0.1) is 0 Å². The summed E-state index contributed by atoms with van der Waals surface area (Å²) >= 11 is 0. The number of rotatable bonds is 7.